The Labute approximate surface area is 208 Å². The van der Waals surface area contributed by atoms with Crippen LogP contribution in [0, 0.1) is 0 Å². The van der Waals surface area contributed by atoms with E-state index in [2.05, 4.69) is 27.6 Å². The topological polar surface area (TPSA) is 104 Å². The Morgan fingerprint density at radius 2 is 1.71 bits per heavy atom. The molecule has 8 nitrogen and oxygen atoms in total. The van der Waals surface area contributed by atoms with E-state index in [4.69, 9.17) is 15.3 Å². The number of methoxy groups -OCH3 is 2. The Morgan fingerprint density at radius 1 is 1.00 bits per heavy atom. The number of rotatable bonds is 10. The molecule has 9 heteroatoms. The molecule has 4 aromatic rings. The zero-order valence-electron chi connectivity index (χ0n) is 19.5. The minimum Gasteiger partial charge on any atom is -0.497 e. The highest BCUT2D eigenvalue weighted by Gasteiger charge is 2.19. The molecule has 0 aliphatic heterocycles. The summed E-state index contributed by atoms with van der Waals surface area (Å²) < 4.78 is 12.1. The molecule has 0 aliphatic rings. The first-order valence-corrected chi connectivity index (χ1v) is 12.0. The Morgan fingerprint density at radius 3 is 2.40 bits per heavy atom. The van der Waals surface area contributed by atoms with Crippen LogP contribution in [-0.4, -0.2) is 40.8 Å². The van der Waals surface area contributed by atoms with Crippen molar-refractivity contribution in [2.75, 3.05) is 25.8 Å². The highest BCUT2D eigenvalue weighted by atomic mass is 32.2. The molecule has 0 saturated carbocycles. The second kappa shape index (κ2) is 11.4. The second-order valence-electron chi connectivity index (χ2n) is 7.75. The summed E-state index contributed by atoms with van der Waals surface area (Å²) in [6.07, 6.45) is 0.690. The number of nitrogen functional groups attached to an aromatic ring is 1. The summed E-state index contributed by atoms with van der Waals surface area (Å²) in [6.45, 7) is 0. The lowest BCUT2D eigenvalue weighted by molar-refractivity contribution is -0.119. The first-order chi connectivity index (χ1) is 17.1. The summed E-state index contributed by atoms with van der Waals surface area (Å²) in [5.41, 5.74) is 2.87. The number of carbonyl (C=O) groups excluding carboxylic acids is 1. The number of ether oxygens (including phenoxy) is 2. The van der Waals surface area contributed by atoms with Crippen LogP contribution in [0.3, 0.4) is 0 Å². The number of nitrogens with zero attached hydrogens (tertiary/aromatic N) is 3. The number of nitrogens with two attached hydrogens (primary N) is 1. The predicted octanol–water partition coefficient (Wildman–Crippen LogP) is 3.87. The number of hydrogen-bond acceptors (Lipinski definition) is 7. The monoisotopic (exact) mass is 489 g/mol. The summed E-state index contributed by atoms with van der Waals surface area (Å²) in [7, 11) is 3.15. The van der Waals surface area contributed by atoms with Crippen molar-refractivity contribution in [1.82, 2.24) is 20.2 Å². The van der Waals surface area contributed by atoms with Gasteiger partial charge < -0.3 is 20.6 Å². The van der Waals surface area contributed by atoms with Crippen LogP contribution in [0.4, 0.5) is 0 Å². The number of nitrogens with one attached hydrogen (secondary N) is 1. The van der Waals surface area contributed by atoms with Crippen LogP contribution in [-0.2, 0) is 11.2 Å². The van der Waals surface area contributed by atoms with E-state index < -0.39 is 0 Å². The lowest BCUT2D eigenvalue weighted by Gasteiger charge is -2.19. The van der Waals surface area contributed by atoms with Crippen molar-refractivity contribution in [3.05, 3.63) is 90.0 Å². The maximum absolute atomic E-state index is 12.9. The van der Waals surface area contributed by atoms with Gasteiger partial charge in [0.05, 0.1) is 31.6 Å². The molecule has 3 aromatic carbocycles. The van der Waals surface area contributed by atoms with Crippen LogP contribution in [0.1, 0.15) is 17.2 Å². The third-order valence-electron chi connectivity index (χ3n) is 5.47. The second-order valence-corrected chi connectivity index (χ2v) is 8.69. The van der Waals surface area contributed by atoms with Crippen molar-refractivity contribution < 1.29 is 14.3 Å². The van der Waals surface area contributed by atoms with E-state index in [9.17, 15) is 4.79 Å². The van der Waals surface area contributed by atoms with Gasteiger partial charge in [-0.3, -0.25) is 4.79 Å². The molecule has 0 bridgehead atoms. The van der Waals surface area contributed by atoms with Gasteiger partial charge >= 0.3 is 0 Å². The Bertz CT molecular complexity index is 1260. The van der Waals surface area contributed by atoms with Crippen molar-refractivity contribution in [1.29, 1.82) is 0 Å². The van der Waals surface area contributed by atoms with E-state index in [1.165, 1.54) is 16.4 Å². The molecule has 35 heavy (non-hydrogen) atoms. The summed E-state index contributed by atoms with van der Waals surface area (Å²) in [6, 6.07) is 25.2. The van der Waals surface area contributed by atoms with Crippen LogP contribution < -0.4 is 20.6 Å². The summed E-state index contributed by atoms with van der Waals surface area (Å²) in [4.78, 5) is 12.9. The van der Waals surface area contributed by atoms with Gasteiger partial charge in [-0.1, -0.05) is 72.4 Å². The highest BCUT2D eigenvalue weighted by molar-refractivity contribution is 7.99. The van der Waals surface area contributed by atoms with Crippen molar-refractivity contribution in [3.8, 4) is 22.9 Å². The zero-order chi connectivity index (χ0) is 24.6. The van der Waals surface area contributed by atoms with Gasteiger partial charge in [0.1, 0.15) is 11.5 Å². The zero-order valence-corrected chi connectivity index (χ0v) is 20.4. The standard InChI is InChI=1S/C26H27N5O3S/c1-33-20-13-14-21(23(16-20)34-2)25-29-30-26(31(25)27)35-17-24(32)28-22(19-11-7-4-8-12-19)15-18-9-5-3-6-10-18/h3-14,16,22H,15,17,27H2,1-2H3,(H,28,32). The number of benzene rings is 3. The van der Waals surface area contributed by atoms with Crippen molar-refractivity contribution in [2.45, 2.75) is 17.6 Å². The molecule has 4 rings (SSSR count). The normalized spacial score (nSPS) is 11.6. The SMILES string of the molecule is COc1ccc(-c2nnc(SCC(=O)NC(Cc3ccccc3)c3ccccc3)n2N)c(OC)c1. The first kappa shape index (κ1) is 24.2. The van der Waals surface area contributed by atoms with Gasteiger partial charge in [-0.25, -0.2) is 4.68 Å². The van der Waals surface area contributed by atoms with Gasteiger partial charge in [0.25, 0.3) is 0 Å². The van der Waals surface area contributed by atoms with Crippen LogP contribution in [0.2, 0.25) is 0 Å². The fourth-order valence-corrected chi connectivity index (χ4v) is 4.36. The number of carbonyl (C=O) groups is 1. The van der Waals surface area contributed by atoms with E-state index in [-0.39, 0.29) is 17.7 Å². The minimum atomic E-state index is -0.151. The van der Waals surface area contributed by atoms with E-state index in [0.717, 1.165) is 11.1 Å². The number of thioether (sulfide) groups is 1. The van der Waals surface area contributed by atoms with Gasteiger partial charge in [0.2, 0.25) is 11.1 Å². The Balaban J connectivity index is 1.45. The van der Waals surface area contributed by atoms with Gasteiger partial charge in [-0.2, -0.15) is 0 Å². The number of amides is 1. The lowest BCUT2D eigenvalue weighted by Crippen LogP contribution is -2.31. The summed E-state index contributed by atoms with van der Waals surface area (Å²) in [5, 5.41) is 12.0. The van der Waals surface area contributed by atoms with E-state index in [0.29, 0.717) is 34.5 Å². The number of aromatic nitrogens is 3. The van der Waals surface area contributed by atoms with Gasteiger partial charge in [-0.15, -0.1) is 10.2 Å². The van der Waals surface area contributed by atoms with Crippen LogP contribution in [0.15, 0.2) is 84.0 Å². The third kappa shape index (κ3) is 5.93. The minimum absolute atomic E-state index is 0.119. The molecular weight excluding hydrogens is 462 g/mol. The van der Waals surface area contributed by atoms with Crippen LogP contribution in [0.25, 0.3) is 11.4 Å². The lowest BCUT2D eigenvalue weighted by atomic mass is 9.99. The fraction of sp³-hybridized carbons (Fsp3) is 0.192. The number of hydrogen-bond donors (Lipinski definition) is 2. The molecule has 0 radical (unpaired) electrons. The predicted molar refractivity (Wildman–Crippen MR) is 137 cm³/mol. The molecular formula is C26H27N5O3S. The third-order valence-corrected chi connectivity index (χ3v) is 6.41. The van der Waals surface area contributed by atoms with Crippen LogP contribution in [0.5, 0.6) is 11.5 Å². The molecule has 1 heterocycles. The summed E-state index contributed by atoms with van der Waals surface area (Å²) >= 11 is 1.22. The highest BCUT2D eigenvalue weighted by Crippen LogP contribution is 2.33. The van der Waals surface area contributed by atoms with Gasteiger partial charge in [0.15, 0.2) is 5.82 Å². The maximum Gasteiger partial charge on any atom is 0.230 e. The van der Waals surface area contributed by atoms with Crippen molar-refractivity contribution in [3.63, 3.8) is 0 Å². The smallest absolute Gasteiger partial charge is 0.230 e. The van der Waals surface area contributed by atoms with Gasteiger partial charge in [-0.05, 0) is 29.7 Å². The van der Waals surface area contributed by atoms with Crippen molar-refractivity contribution in [2.24, 2.45) is 0 Å². The average molecular weight is 490 g/mol. The molecule has 0 fully saturated rings. The Hall–Kier alpha value is -3.98. The molecule has 1 atom stereocenters. The molecule has 1 amide bonds. The van der Waals surface area contributed by atoms with Crippen LogP contribution >= 0.6 is 11.8 Å². The molecule has 1 aromatic heterocycles. The Kier molecular flexibility index (Phi) is 7.89. The van der Waals surface area contributed by atoms with E-state index >= 15 is 0 Å². The molecule has 0 spiro atoms. The maximum atomic E-state index is 12.9. The van der Waals surface area contributed by atoms with E-state index in [1.54, 1.807) is 32.4 Å². The average Bonchev–Trinajstić information content (AvgIpc) is 3.27. The molecule has 0 saturated heterocycles. The molecule has 180 valence electrons. The largest absolute Gasteiger partial charge is 0.497 e. The van der Waals surface area contributed by atoms with E-state index in [1.807, 2.05) is 48.5 Å². The quantitative estimate of drug-likeness (QED) is 0.257. The molecule has 0 aliphatic carbocycles. The summed E-state index contributed by atoms with van der Waals surface area (Å²) in [5.74, 6) is 7.93. The fourth-order valence-electron chi connectivity index (χ4n) is 3.70. The van der Waals surface area contributed by atoms with Gasteiger partial charge in [0, 0.05) is 6.07 Å². The molecule has 1 unspecified atom stereocenters. The molecule has 3 N–H and O–H groups in total. The van der Waals surface area contributed by atoms with Crippen molar-refractivity contribution >= 4 is 17.7 Å². The first-order valence-electron chi connectivity index (χ1n) is 11.0.